The third-order valence-electron chi connectivity index (χ3n) is 2.48. The van der Waals surface area contributed by atoms with Gasteiger partial charge in [0.25, 0.3) is 0 Å². The molecule has 0 saturated carbocycles. The maximum absolute atomic E-state index is 11.7. The molecule has 86 valence electrons. The molecule has 1 aromatic rings. The summed E-state index contributed by atoms with van der Waals surface area (Å²) in [6.45, 7) is 1.59. The Kier molecular flexibility index (Phi) is 3.54. The summed E-state index contributed by atoms with van der Waals surface area (Å²) in [5.41, 5.74) is 7.10. The molecule has 4 nitrogen and oxygen atoms in total. The van der Waals surface area contributed by atoms with Crippen LogP contribution in [0.1, 0.15) is 15.9 Å². The second kappa shape index (κ2) is 5.09. The Labute approximate surface area is 94.3 Å². The first kappa shape index (κ1) is 11.1. The first-order chi connectivity index (χ1) is 7.79. The van der Waals surface area contributed by atoms with Gasteiger partial charge in [-0.25, -0.2) is 4.79 Å². The van der Waals surface area contributed by atoms with Gasteiger partial charge in [-0.15, -0.1) is 0 Å². The van der Waals surface area contributed by atoms with Gasteiger partial charge < -0.3 is 15.2 Å². The van der Waals surface area contributed by atoms with Crippen LogP contribution in [0.25, 0.3) is 0 Å². The second-order valence-corrected chi connectivity index (χ2v) is 3.80. The van der Waals surface area contributed by atoms with Gasteiger partial charge in [0.15, 0.2) is 0 Å². The summed E-state index contributed by atoms with van der Waals surface area (Å²) in [7, 11) is 0. The number of rotatable bonds is 4. The molecule has 0 spiro atoms. The molecule has 1 aliphatic rings. The van der Waals surface area contributed by atoms with Crippen molar-refractivity contribution in [1.82, 2.24) is 0 Å². The highest BCUT2D eigenvalue weighted by molar-refractivity contribution is 5.89. The van der Waals surface area contributed by atoms with Crippen molar-refractivity contribution < 1.29 is 14.3 Å². The molecule has 1 aliphatic heterocycles. The molecule has 1 fully saturated rings. The second-order valence-electron chi connectivity index (χ2n) is 3.80. The van der Waals surface area contributed by atoms with Gasteiger partial charge in [-0.05, 0) is 30.7 Å². The maximum atomic E-state index is 11.7. The van der Waals surface area contributed by atoms with Crippen molar-refractivity contribution in [3.63, 3.8) is 0 Å². The molecule has 0 amide bonds. The average molecular weight is 221 g/mol. The van der Waals surface area contributed by atoms with E-state index in [0.717, 1.165) is 12.0 Å². The molecule has 1 heterocycles. The summed E-state index contributed by atoms with van der Waals surface area (Å²) >= 11 is 0. The van der Waals surface area contributed by atoms with E-state index in [2.05, 4.69) is 0 Å². The number of esters is 1. The van der Waals surface area contributed by atoms with E-state index in [-0.39, 0.29) is 12.1 Å². The SMILES string of the molecule is NCCc1cccc(C(=O)OC2COC2)c1. The van der Waals surface area contributed by atoms with Crippen LogP contribution in [0.4, 0.5) is 0 Å². The zero-order valence-electron chi connectivity index (χ0n) is 9.02. The van der Waals surface area contributed by atoms with Gasteiger partial charge in [-0.1, -0.05) is 12.1 Å². The number of hydrogen-bond acceptors (Lipinski definition) is 4. The van der Waals surface area contributed by atoms with Crippen LogP contribution in [0.2, 0.25) is 0 Å². The number of carbonyl (C=O) groups is 1. The van der Waals surface area contributed by atoms with E-state index in [4.69, 9.17) is 15.2 Å². The van der Waals surface area contributed by atoms with Crippen molar-refractivity contribution in [2.45, 2.75) is 12.5 Å². The average Bonchev–Trinajstić information content (AvgIpc) is 2.24. The summed E-state index contributed by atoms with van der Waals surface area (Å²) in [6.07, 6.45) is 0.693. The number of carbonyl (C=O) groups excluding carboxylic acids is 1. The first-order valence-corrected chi connectivity index (χ1v) is 5.37. The molecular formula is C12H15NO3. The van der Waals surface area contributed by atoms with Crippen molar-refractivity contribution in [1.29, 1.82) is 0 Å². The van der Waals surface area contributed by atoms with E-state index >= 15 is 0 Å². The number of hydrogen-bond donors (Lipinski definition) is 1. The van der Waals surface area contributed by atoms with Crippen LogP contribution >= 0.6 is 0 Å². The Bertz CT molecular complexity index is 374. The molecule has 1 aromatic carbocycles. The summed E-state index contributed by atoms with van der Waals surface area (Å²) in [5, 5.41) is 0. The quantitative estimate of drug-likeness (QED) is 0.762. The van der Waals surface area contributed by atoms with Crippen LogP contribution in [0.3, 0.4) is 0 Å². The molecule has 2 rings (SSSR count). The molecular weight excluding hydrogens is 206 g/mol. The predicted molar refractivity (Wildman–Crippen MR) is 59.2 cm³/mol. The summed E-state index contributed by atoms with van der Waals surface area (Å²) in [6, 6.07) is 7.38. The van der Waals surface area contributed by atoms with Crippen molar-refractivity contribution in [3.8, 4) is 0 Å². The van der Waals surface area contributed by atoms with Crippen molar-refractivity contribution in [2.24, 2.45) is 5.73 Å². The molecule has 0 radical (unpaired) electrons. The van der Waals surface area contributed by atoms with E-state index in [1.54, 1.807) is 6.07 Å². The van der Waals surface area contributed by atoms with Crippen LogP contribution in [0.15, 0.2) is 24.3 Å². The molecule has 0 unspecified atom stereocenters. The Morgan fingerprint density at radius 3 is 2.94 bits per heavy atom. The Hall–Kier alpha value is -1.39. The van der Waals surface area contributed by atoms with Crippen molar-refractivity contribution in [3.05, 3.63) is 35.4 Å². The minimum absolute atomic E-state index is 0.0781. The van der Waals surface area contributed by atoms with Crippen LogP contribution in [-0.2, 0) is 15.9 Å². The van der Waals surface area contributed by atoms with E-state index in [1.807, 2.05) is 18.2 Å². The van der Waals surface area contributed by atoms with Gasteiger partial charge in [0.05, 0.1) is 18.8 Å². The fourth-order valence-electron chi connectivity index (χ4n) is 1.52. The number of benzene rings is 1. The van der Waals surface area contributed by atoms with E-state index < -0.39 is 0 Å². The lowest BCUT2D eigenvalue weighted by atomic mass is 10.1. The molecule has 16 heavy (non-hydrogen) atoms. The summed E-state index contributed by atoms with van der Waals surface area (Å²) < 4.78 is 10.2. The molecule has 4 heteroatoms. The zero-order valence-corrected chi connectivity index (χ0v) is 9.02. The van der Waals surface area contributed by atoms with E-state index in [1.165, 1.54) is 0 Å². The fourth-order valence-corrected chi connectivity index (χ4v) is 1.52. The monoisotopic (exact) mass is 221 g/mol. The third-order valence-corrected chi connectivity index (χ3v) is 2.48. The lowest BCUT2D eigenvalue weighted by Crippen LogP contribution is -2.37. The standard InChI is InChI=1S/C12H15NO3/c13-5-4-9-2-1-3-10(6-9)12(14)16-11-7-15-8-11/h1-3,6,11H,4-5,7-8,13H2. The first-order valence-electron chi connectivity index (χ1n) is 5.37. The van der Waals surface area contributed by atoms with Gasteiger partial charge in [-0.3, -0.25) is 0 Å². The molecule has 0 aliphatic carbocycles. The van der Waals surface area contributed by atoms with Crippen molar-refractivity contribution >= 4 is 5.97 Å². The Balaban J connectivity index is 2.00. The van der Waals surface area contributed by atoms with Gasteiger partial charge in [0.1, 0.15) is 6.10 Å². The molecule has 0 atom stereocenters. The van der Waals surface area contributed by atoms with E-state index in [0.29, 0.717) is 25.3 Å². The summed E-state index contributed by atoms with van der Waals surface area (Å²) in [5.74, 6) is -0.285. The third kappa shape index (κ3) is 2.59. The van der Waals surface area contributed by atoms with Crippen LogP contribution in [0, 0.1) is 0 Å². The highest BCUT2D eigenvalue weighted by Crippen LogP contribution is 2.12. The molecule has 2 N–H and O–H groups in total. The number of nitrogens with two attached hydrogens (primary N) is 1. The molecule has 0 bridgehead atoms. The van der Waals surface area contributed by atoms with Crippen molar-refractivity contribution in [2.75, 3.05) is 19.8 Å². The largest absolute Gasteiger partial charge is 0.454 e. The minimum atomic E-state index is -0.285. The van der Waals surface area contributed by atoms with E-state index in [9.17, 15) is 4.79 Å². The van der Waals surface area contributed by atoms with Crippen LogP contribution in [-0.4, -0.2) is 31.8 Å². The lowest BCUT2D eigenvalue weighted by molar-refractivity contribution is -0.103. The Morgan fingerprint density at radius 1 is 1.50 bits per heavy atom. The van der Waals surface area contributed by atoms with Gasteiger partial charge in [0.2, 0.25) is 0 Å². The van der Waals surface area contributed by atoms with Gasteiger partial charge in [0, 0.05) is 0 Å². The van der Waals surface area contributed by atoms with Crippen LogP contribution < -0.4 is 5.73 Å². The highest BCUT2D eigenvalue weighted by atomic mass is 16.6. The maximum Gasteiger partial charge on any atom is 0.338 e. The van der Waals surface area contributed by atoms with Gasteiger partial charge >= 0.3 is 5.97 Å². The number of ether oxygens (including phenoxy) is 2. The smallest absolute Gasteiger partial charge is 0.338 e. The summed E-state index contributed by atoms with van der Waals surface area (Å²) in [4.78, 5) is 11.7. The van der Waals surface area contributed by atoms with Gasteiger partial charge in [-0.2, -0.15) is 0 Å². The predicted octanol–water partition coefficient (Wildman–Crippen LogP) is 0.743. The zero-order chi connectivity index (χ0) is 11.4. The normalized spacial score (nSPS) is 15.6. The fraction of sp³-hybridized carbons (Fsp3) is 0.417. The molecule has 1 saturated heterocycles. The Morgan fingerprint density at radius 2 is 2.31 bits per heavy atom. The lowest BCUT2D eigenvalue weighted by Gasteiger charge is -2.25. The van der Waals surface area contributed by atoms with Crippen LogP contribution in [0.5, 0.6) is 0 Å². The molecule has 0 aromatic heterocycles. The topological polar surface area (TPSA) is 61.6 Å². The highest BCUT2D eigenvalue weighted by Gasteiger charge is 2.23. The minimum Gasteiger partial charge on any atom is -0.454 e.